The number of rotatable bonds is 4. The number of nitrogens with zero attached hydrogens (tertiary/aromatic N) is 1. The van der Waals surface area contributed by atoms with E-state index in [0.29, 0.717) is 29.7 Å². The first-order chi connectivity index (χ1) is 10.0. The molecule has 3 rings (SSSR count). The minimum atomic E-state index is -0.734. The van der Waals surface area contributed by atoms with Crippen molar-refractivity contribution in [2.75, 3.05) is 13.1 Å². The molecule has 1 aromatic carbocycles. The Balaban J connectivity index is 1.66. The highest BCUT2D eigenvalue weighted by atomic mass is 35.5. The molecular weight excluding hydrogens is 313 g/mol. The molecule has 1 aliphatic rings. The Kier molecular flexibility index (Phi) is 3.93. The number of halogens is 2. The number of carbonyl (C=O) groups is 1. The van der Waals surface area contributed by atoms with Crippen molar-refractivity contribution in [2.45, 2.75) is 6.54 Å². The Morgan fingerprint density at radius 3 is 2.67 bits per heavy atom. The predicted octanol–water partition coefficient (Wildman–Crippen LogP) is 3.77. The van der Waals surface area contributed by atoms with Gasteiger partial charge in [0.25, 0.3) is 0 Å². The van der Waals surface area contributed by atoms with Crippen molar-refractivity contribution in [3.8, 4) is 11.3 Å². The van der Waals surface area contributed by atoms with E-state index in [0.717, 1.165) is 17.1 Å². The fraction of sp³-hybridized carbons (Fsp3) is 0.267. The third-order valence-corrected chi connectivity index (χ3v) is 4.29. The zero-order valence-electron chi connectivity index (χ0n) is 11.1. The molecule has 2 aromatic rings. The maximum absolute atomic E-state index is 10.8. The lowest BCUT2D eigenvalue weighted by molar-refractivity contribution is -0.147. The van der Waals surface area contributed by atoms with Crippen molar-refractivity contribution in [1.82, 2.24) is 4.90 Å². The van der Waals surface area contributed by atoms with Gasteiger partial charge in [-0.15, -0.1) is 0 Å². The second-order valence-corrected chi connectivity index (χ2v) is 5.94. The van der Waals surface area contributed by atoms with Crippen molar-refractivity contribution >= 4 is 29.2 Å². The number of carboxylic acid groups (broad SMARTS) is 1. The highest BCUT2D eigenvalue weighted by Crippen LogP contribution is 2.30. The Bertz CT molecular complexity index is 677. The average molecular weight is 326 g/mol. The lowest BCUT2D eigenvalue weighted by atomic mass is 10.0. The van der Waals surface area contributed by atoms with E-state index in [9.17, 15) is 4.79 Å². The van der Waals surface area contributed by atoms with Gasteiger partial charge in [-0.3, -0.25) is 9.69 Å². The van der Waals surface area contributed by atoms with Crippen LogP contribution in [-0.4, -0.2) is 29.1 Å². The SMILES string of the molecule is O=C(O)C1CN(Cc2ccc(-c3ccc(Cl)c(Cl)c3)o2)C1. The van der Waals surface area contributed by atoms with E-state index in [-0.39, 0.29) is 5.92 Å². The number of furan rings is 1. The first-order valence-corrected chi connectivity index (χ1v) is 7.28. The van der Waals surface area contributed by atoms with Gasteiger partial charge < -0.3 is 9.52 Å². The van der Waals surface area contributed by atoms with E-state index in [1.54, 1.807) is 12.1 Å². The van der Waals surface area contributed by atoms with E-state index in [1.165, 1.54) is 0 Å². The maximum Gasteiger partial charge on any atom is 0.309 e. The summed E-state index contributed by atoms with van der Waals surface area (Å²) in [5.74, 6) is 0.537. The normalized spacial score (nSPS) is 15.9. The molecular formula is C15H13Cl2NO3. The first-order valence-electron chi connectivity index (χ1n) is 6.52. The van der Waals surface area contributed by atoms with E-state index < -0.39 is 5.97 Å². The Morgan fingerprint density at radius 1 is 1.24 bits per heavy atom. The van der Waals surface area contributed by atoms with Crippen LogP contribution in [0.5, 0.6) is 0 Å². The van der Waals surface area contributed by atoms with Gasteiger partial charge in [0, 0.05) is 18.7 Å². The van der Waals surface area contributed by atoms with Gasteiger partial charge in [-0.05, 0) is 30.3 Å². The van der Waals surface area contributed by atoms with Crippen LogP contribution in [0.1, 0.15) is 5.76 Å². The second-order valence-electron chi connectivity index (χ2n) is 5.12. The Hall–Kier alpha value is -1.49. The third-order valence-electron chi connectivity index (χ3n) is 3.55. The van der Waals surface area contributed by atoms with Crippen LogP contribution in [0.2, 0.25) is 10.0 Å². The monoisotopic (exact) mass is 325 g/mol. The molecule has 0 saturated carbocycles. The molecule has 110 valence electrons. The van der Waals surface area contributed by atoms with E-state index in [4.69, 9.17) is 32.7 Å². The van der Waals surface area contributed by atoms with Gasteiger partial charge in [-0.2, -0.15) is 0 Å². The summed E-state index contributed by atoms with van der Waals surface area (Å²) >= 11 is 11.9. The van der Waals surface area contributed by atoms with Crippen LogP contribution >= 0.6 is 23.2 Å². The van der Waals surface area contributed by atoms with Crippen LogP contribution in [0.4, 0.5) is 0 Å². The lowest BCUT2D eigenvalue weighted by Gasteiger charge is -2.35. The predicted molar refractivity (Wildman–Crippen MR) is 80.6 cm³/mol. The molecule has 0 aliphatic carbocycles. The number of likely N-dealkylation sites (tertiary alicyclic amines) is 1. The molecule has 0 amide bonds. The number of carboxylic acids is 1. The average Bonchev–Trinajstić information content (AvgIpc) is 2.84. The smallest absolute Gasteiger partial charge is 0.309 e. The van der Waals surface area contributed by atoms with Gasteiger partial charge in [0.2, 0.25) is 0 Å². The lowest BCUT2D eigenvalue weighted by Crippen LogP contribution is -2.49. The number of hydrogen-bond donors (Lipinski definition) is 1. The zero-order chi connectivity index (χ0) is 15.0. The molecule has 4 nitrogen and oxygen atoms in total. The van der Waals surface area contributed by atoms with Crippen LogP contribution < -0.4 is 0 Å². The Morgan fingerprint density at radius 2 is 2.00 bits per heavy atom. The molecule has 1 N–H and O–H groups in total. The molecule has 6 heteroatoms. The van der Waals surface area contributed by atoms with Crippen molar-refractivity contribution < 1.29 is 14.3 Å². The van der Waals surface area contributed by atoms with Crippen LogP contribution in [0.25, 0.3) is 11.3 Å². The van der Waals surface area contributed by atoms with Crippen molar-refractivity contribution in [3.63, 3.8) is 0 Å². The zero-order valence-corrected chi connectivity index (χ0v) is 12.6. The molecule has 0 bridgehead atoms. The summed E-state index contributed by atoms with van der Waals surface area (Å²) in [5, 5.41) is 9.84. The molecule has 1 fully saturated rings. The van der Waals surface area contributed by atoms with Crippen LogP contribution in [0, 0.1) is 5.92 Å². The highest BCUT2D eigenvalue weighted by molar-refractivity contribution is 6.42. The van der Waals surface area contributed by atoms with Gasteiger partial charge in [0.15, 0.2) is 0 Å². The standard InChI is InChI=1S/C15H13Cl2NO3/c16-12-3-1-9(5-13(12)17)14-4-2-11(21-14)8-18-6-10(7-18)15(19)20/h1-5,10H,6-8H2,(H,19,20). The number of hydrogen-bond acceptors (Lipinski definition) is 3. The summed E-state index contributed by atoms with van der Waals surface area (Å²) in [4.78, 5) is 12.8. The van der Waals surface area contributed by atoms with Crippen molar-refractivity contribution in [1.29, 1.82) is 0 Å². The van der Waals surface area contributed by atoms with Crippen LogP contribution in [-0.2, 0) is 11.3 Å². The largest absolute Gasteiger partial charge is 0.481 e. The fourth-order valence-electron chi connectivity index (χ4n) is 2.34. The molecule has 1 aliphatic heterocycles. The van der Waals surface area contributed by atoms with Gasteiger partial charge in [-0.25, -0.2) is 0 Å². The molecule has 0 atom stereocenters. The quantitative estimate of drug-likeness (QED) is 0.929. The molecule has 21 heavy (non-hydrogen) atoms. The molecule has 2 heterocycles. The minimum Gasteiger partial charge on any atom is -0.481 e. The Labute approximate surface area is 131 Å². The maximum atomic E-state index is 10.8. The molecule has 1 saturated heterocycles. The highest BCUT2D eigenvalue weighted by Gasteiger charge is 2.32. The summed E-state index contributed by atoms with van der Waals surface area (Å²) in [6.45, 7) is 1.75. The van der Waals surface area contributed by atoms with Crippen molar-refractivity contribution in [2.24, 2.45) is 5.92 Å². The summed E-state index contributed by atoms with van der Waals surface area (Å²) < 4.78 is 5.78. The van der Waals surface area contributed by atoms with E-state index in [2.05, 4.69) is 0 Å². The number of benzene rings is 1. The van der Waals surface area contributed by atoms with E-state index in [1.807, 2.05) is 23.1 Å². The second kappa shape index (κ2) is 5.72. The number of aliphatic carboxylic acids is 1. The molecule has 0 radical (unpaired) electrons. The summed E-state index contributed by atoms with van der Waals surface area (Å²) in [6.07, 6.45) is 0. The van der Waals surface area contributed by atoms with Crippen molar-refractivity contribution in [3.05, 3.63) is 46.1 Å². The summed E-state index contributed by atoms with van der Waals surface area (Å²) in [5.41, 5.74) is 0.864. The van der Waals surface area contributed by atoms with Gasteiger partial charge >= 0.3 is 5.97 Å². The van der Waals surface area contributed by atoms with Gasteiger partial charge in [-0.1, -0.05) is 23.2 Å². The van der Waals surface area contributed by atoms with Crippen LogP contribution in [0.15, 0.2) is 34.7 Å². The van der Waals surface area contributed by atoms with Gasteiger partial charge in [0.05, 0.1) is 22.5 Å². The van der Waals surface area contributed by atoms with Crippen LogP contribution in [0.3, 0.4) is 0 Å². The van der Waals surface area contributed by atoms with Gasteiger partial charge in [0.1, 0.15) is 11.5 Å². The molecule has 0 spiro atoms. The fourth-order valence-corrected chi connectivity index (χ4v) is 2.64. The van der Waals surface area contributed by atoms with E-state index >= 15 is 0 Å². The summed E-state index contributed by atoms with van der Waals surface area (Å²) in [6, 6.07) is 9.11. The molecule has 1 aromatic heterocycles. The molecule has 0 unspecified atom stereocenters. The summed E-state index contributed by atoms with van der Waals surface area (Å²) in [7, 11) is 0. The minimum absolute atomic E-state index is 0.255. The first kappa shape index (κ1) is 14.4. The topological polar surface area (TPSA) is 53.7 Å². The third kappa shape index (κ3) is 3.07.